The minimum Gasteiger partial charge on any atom is -0.367 e. The van der Waals surface area contributed by atoms with Gasteiger partial charge in [-0.3, -0.25) is 0 Å². The second-order valence-corrected chi connectivity index (χ2v) is 3.76. The summed E-state index contributed by atoms with van der Waals surface area (Å²) < 4.78 is 17.8. The van der Waals surface area contributed by atoms with Gasteiger partial charge in [-0.25, -0.2) is 4.39 Å². The molecule has 1 aromatic carbocycles. The van der Waals surface area contributed by atoms with Crippen LogP contribution in [-0.4, -0.2) is 5.16 Å². The fourth-order valence-electron chi connectivity index (χ4n) is 1.56. The third kappa shape index (κ3) is 1.76. The molecule has 2 aromatic rings. The number of rotatable bonds is 2. The molecule has 0 amide bonds. The van der Waals surface area contributed by atoms with Crippen LogP contribution in [0.2, 0.25) is 5.02 Å². The van der Waals surface area contributed by atoms with Crippen LogP contribution in [0.25, 0.3) is 11.3 Å². The maximum absolute atomic E-state index is 12.9. The van der Waals surface area contributed by atoms with Crippen LogP contribution >= 0.6 is 11.6 Å². The second kappa shape index (κ2) is 4.14. The molecule has 0 bridgehead atoms. The first-order valence-corrected chi connectivity index (χ1v) is 5.20. The van der Waals surface area contributed by atoms with E-state index in [1.165, 1.54) is 12.1 Å². The Labute approximate surface area is 97.0 Å². The highest BCUT2D eigenvalue weighted by molar-refractivity contribution is 6.33. The summed E-state index contributed by atoms with van der Waals surface area (Å²) >= 11 is 5.94. The number of hydrogen-bond acceptors (Lipinski definition) is 3. The number of nitrogens with two attached hydrogens (primary N) is 1. The molecule has 0 unspecified atom stereocenters. The van der Waals surface area contributed by atoms with Crippen molar-refractivity contribution in [2.45, 2.75) is 13.3 Å². The van der Waals surface area contributed by atoms with Gasteiger partial charge in [-0.2, -0.15) is 0 Å². The SMILES string of the molecule is CCc1c(-c2ccc(F)cc2Cl)noc1N. The third-order valence-corrected chi connectivity index (χ3v) is 2.67. The summed E-state index contributed by atoms with van der Waals surface area (Å²) in [5.74, 6) is -0.110. The number of anilines is 1. The highest BCUT2D eigenvalue weighted by atomic mass is 35.5. The van der Waals surface area contributed by atoms with E-state index in [-0.39, 0.29) is 11.7 Å². The molecule has 0 aliphatic rings. The van der Waals surface area contributed by atoms with Crippen molar-refractivity contribution in [3.63, 3.8) is 0 Å². The summed E-state index contributed by atoms with van der Waals surface area (Å²) in [6, 6.07) is 4.13. The highest BCUT2D eigenvalue weighted by Gasteiger charge is 2.16. The third-order valence-electron chi connectivity index (χ3n) is 2.36. The Hall–Kier alpha value is -1.55. The lowest BCUT2D eigenvalue weighted by Gasteiger charge is -2.02. The number of nitrogens with zero attached hydrogens (tertiary/aromatic N) is 1. The van der Waals surface area contributed by atoms with Crippen molar-refractivity contribution in [2.75, 3.05) is 5.73 Å². The Bertz CT molecular complexity index is 525. The van der Waals surface area contributed by atoms with Gasteiger partial charge in [-0.05, 0) is 24.6 Å². The molecule has 16 heavy (non-hydrogen) atoms. The van der Waals surface area contributed by atoms with Gasteiger partial charge < -0.3 is 10.3 Å². The van der Waals surface area contributed by atoms with Gasteiger partial charge in [0.2, 0.25) is 5.88 Å². The predicted molar refractivity (Wildman–Crippen MR) is 60.7 cm³/mol. The number of nitrogen functional groups attached to an aromatic ring is 1. The van der Waals surface area contributed by atoms with E-state index in [9.17, 15) is 4.39 Å². The van der Waals surface area contributed by atoms with Crippen LogP contribution in [0.1, 0.15) is 12.5 Å². The van der Waals surface area contributed by atoms with E-state index in [1.54, 1.807) is 6.07 Å². The lowest BCUT2D eigenvalue weighted by Crippen LogP contribution is -1.90. The van der Waals surface area contributed by atoms with Crippen LogP contribution in [-0.2, 0) is 6.42 Å². The maximum Gasteiger partial charge on any atom is 0.225 e. The molecule has 2 rings (SSSR count). The zero-order valence-corrected chi connectivity index (χ0v) is 9.38. The molecule has 0 spiro atoms. The molecule has 0 atom stereocenters. The summed E-state index contributed by atoms with van der Waals surface area (Å²) in [5.41, 5.74) is 7.61. The summed E-state index contributed by atoms with van der Waals surface area (Å²) in [6.45, 7) is 1.93. The molecule has 0 aliphatic heterocycles. The van der Waals surface area contributed by atoms with Crippen LogP contribution in [0.5, 0.6) is 0 Å². The Kier molecular flexibility index (Phi) is 2.83. The maximum atomic E-state index is 12.9. The van der Waals surface area contributed by atoms with Gasteiger partial charge in [0.25, 0.3) is 0 Å². The molecule has 84 valence electrons. The molecule has 0 saturated carbocycles. The molecule has 0 fully saturated rings. The smallest absolute Gasteiger partial charge is 0.225 e. The Morgan fingerprint density at radius 2 is 2.25 bits per heavy atom. The Balaban J connectivity index is 2.58. The molecule has 3 nitrogen and oxygen atoms in total. The van der Waals surface area contributed by atoms with Crippen LogP contribution in [0, 0.1) is 5.82 Å². The first kappa shape index (κ1) is 11.0. The molecular formula is C11H10ClFN2O. The molecule has 5 heteroatoms. The summed E-state index contributed by atoms with van der Waals surface area (Å²) in [5, 5.41) is 4.13. The van der Waals surface area contributed by atoms with E-state index < -0.39 is 0 Å². The highest BCUT2D eigenvalue weighted by Crippen LogP contribution is 2.32. The van der Waals surface area contributed by atoms with Gasteiger partial charge in [0.05, 0.1) is 5.02 Å². The van der Waals surface area contributed by atoms with Crippen molar-refractivity contribution in [1.29, 1.82) is 0 Å². The van der Waals surface area contributed by atoms with Crippen LogP contribution in [0.3, 0.4) is 0 Å². The van der Waals surface area contributed by atoms with Crippen molar-refractivity contribution in [3.05, 3.63) is 34.6 Å². The number of aromatic nitrogens is 1. The average molecular weight is 241 g/mol. The van der Waals surface area contributed by atoms with E-state index in [2.05, 4.69) is 5.16 Å². The standard InChI is InChI=1S/C11H10ClFN2O/c1-2-7-10(15-16-11(7)14)8-4-3-6(13)5-9(8)12/h3-5H,2,14H2,1H3. The quantitative estimate of drug-likeness (QED) is 0.876. The summed E-state index contributed by atoms with van der Waals surface area (Å²) in [7, 11) is 0. The normalized spacial score (nSPS) is 10.7. The largest absolute Gasteiger partial charge is 0.367 e. The average Bonchev–Trinajstić information content (AvgIpc) is 2.59. The molecule has 2 N–H and O–H groups in total. The lowest BCUT2D eigenvalue weighted by atomic mass is 10.1. The van der Waals surface area contributed by atoms with Gasteiger partial charge in [0.1, 0.15) is 11.5 Å². The Morgan fingerprint density at radius 1 is 1.50 bits per heavy atom. The minimum atomic E-state index is -0.386. The zero-order valence-electron chi connectivity index (χ0n) is 8.63. The molecule has 0 radical (unpaired) electrons. The minimum absolute atomic E-state index is 0.276. The van der Waals surface area contributed by atoms with Gasteiger partial charge >= 0.3 is 0 Å². The fraction of sp³-hybridized carbons (Fsp3) is 0.182. The topological polar surface area (TPSA) is 52.0 Å². The van der Waals surface area contributed by atoms with E-state index in [4.69, 9.17) is 21.9 Å². The lowest BCUT2D eigenvalue weighted by molar-refractivity contribution is 0.438. The van der Waals surface area contributed by atoms with Crippen LogP contribution < -0.4 is 5.73 Å². The number of halogens is 2. The molecular weight excluding hydrogens is 231 g/mol. The zero-order chi connectivity index (χ0) is 11.7. The summed E-state index contributed by atoms with van der Waals surface area (Å²) in [6.07, 6.45) is 0.679. The van der Waals surface area contributed by atoms with Gasteiger partial charge in [-0.15, -0.1) is 0 Å². The van der Waals surface area contributed by atoms with E-state index in [0.717, 1.165) is 5.56 Å². The monoisotopic (exact) mass is 240 g/mol. The molecule has 1 heterocycles. The number of hydrogen-bond donors (Lipinski definition) is 1. The number of benzene rings is 1. The Morgan fingerprint density at radius 3 is 2.88 bits per heavy atom. The van der Waals surface area contributed by atoms with E-state index in [1.807, 2.05) is 6.92 Å². The van der Waals surface area contributed by atoms with Crippen molar-refractivity contribution >= 4 is 17.5 Å². The second-order valence-electron chi connectivity index (χ2n) is 3.35. The van der Waals surface area contributed by atoms with Crippen LogP contribution in [0.4, 0.5) is 10.3 Å². The fourth-order valence-corrected chi connectivity index (χ4v) is 1.81. The predicted octanol–water partition coefficient (Wildman–Crippen LogP) is 3.28. The van der Waals surface area contributed by atoms with Crippen molar-refractivity contribution in [1.82, 2.24) is 5.16 Å². The molecule has 0 aliphatic carbocycles. The van der Waals surface area contributed by atoms with Crippen molar-refractivity contribution in [3.8, 4) is 11.3 Å². The van der Waals surface area contributed by atoms with Gasteiger partial charge in [-0.1, -0.05) is 23.7 Å². The van der Waals surface area contributed by atoms with Crippen molar-refractivity contribution < 1.29 is 8.91 Å². The van der Waals surface area contributed by atoms with E-state index in [0.29, 0.717) is 22.7 Å². The van der Waals surface area contributed by atoms with E-state index >= 15 is 0 Å². The first-order valence-electron chi connectivity index (χ1n) is 4.83. The van der Waals surface area contributed by atoms with Gasteiger partial charge in [0.15, 0.2) is 0 Å². The van der Waals surface area contributed by atoms with Gasteiger partial charge in [0, 0.05) is 11.1 Å². The van der Waals surface area contributed by atoms with Crippen LogP contribution in [0.15, 0.2) is 22.7 Å². The molecule has 0 saturated heterocycles. The first-order chi connectivity index (χ1) is 7.63. The summed E-state index contributed by atoms with van der Waals surface area (Å²) in [4.78, 5) is 0. The van der Waals surface area contributed by atoms with Crippen molar-refractivity contribution in [2.24, 2.45) is 0 Å². The molecule has 1 aromatic heterocycles.